The van der Waals surface area contributed by atoms with Gasteiger partial charge in [0.15, 0.2) is 11.6 Å². The van der Waals surface area contributed by atoms with Crippen LogP contribution in [0.2, 0.25) is 0 Å². The Morgan fingerprint density at radius 2 is 0.803 bits per heavy atom. The minimum Gasteiger partial charge on any atom is -0.294 e. The minimum atomic E-state index is 0.735. The summed E-state index contributed by atoms with van der Waals surface area (Å²) in [7, 11) is 0. The second kappa shape index (κ2) is 14.1. The first kappa shape index (κ1) is 34.5. The van der Waals surface area contributed by atoms with Crippen LogP contribution in [0, 0.1) is 0 Å². The predicted molar refractivity (Wildman–Crippen MR) is 243 cm³/mol. The molecular formula is C52H33N9. The molecule has 9 nitrogen and oxygen atoms in total. The van der Waals surface area contributed by atoms with Crippen LogP contribution in [0.25, 0.3) is 106 Å². The predicted octanol–water partition coefficient (Wildman–Crippen LogP) is 11.7. The van der Waals surface area contributed by atoms with E-state index < -0.39 is 0 Å². The molecule has 7 heterocycles. The molecule has 0 spiro atoms. The smallest absolute Gasteiger partial charge is 0.169 e. The Morgan fingerprint density at radius 1 is 0.344 bits per heavy atom. The Balaban J connectivity index is 1.09. The van der Waals surface area contributed by atoms with E-state index in [2.05, 4.69) is 157 Å². The summed E-state index contributed by atoms with van der Waals surface area (Å²) >= 11 is 0. The maximum Gasteiger partial charge on any atom is 0.169 e. The van der Waals surface area contributed by atoms with E-state index in [-0.39, 0.29) is 0 Å². The Labute approximate surface area is 349 Å². The van der Waals surface area contributed by atoms with Crippen LogP contribution >= 0.6 is 0 Å². The van der Waals surface area contributed by atoms with Crippen molar-refractivity contribution in [2.24, 2.45) is 0 Å². The first-order chi connectivity index (χ1) is 30.3. The maximum atomic E-state index is 5.18. The average Bonchev–Trinajstić information content (AvgIpc) is 4.03. The third kappa shape index (κ3) is 5.56. The third-order valence-corrected chi connectivity index (χ3v) is 11.4. The van der Waals surface area contributed by atoms with Crippen LogP contribution in [0.4, 0.5) is 0 Å². The molecule has 0 aliphatic carbocycles. The molecule has 0 N–H and O–H groups in total. The Kier molecular flexibility index (Phi) is 7.95. The van der Waals surface area contributed by atoms with Crippen LogP contribution in [-0.4, -0.2) is 43.8 Å². The molecule has 5 aromatic carbocycles. The molecule has 0 bridgehead atoms. The van der Waals surface area contributed by atoms with Crippen molar-refractivity contribution < 1.29 is 0 Å². The summed E-state index contributed by atoms with van der Waals surface area (Å²) in [6.07, 6.45) is 7.26. The molecule has 0 unspecified atom stereocenters. The van der Waals surface area contributed by atoms with E-state index in [9.17, 15) is 0 Å². The summed E-state index contributed by atoms with van der Waals surface area (Å²) in [5, 5.41) is 14.5. The molecule has 0 saturated carbocycles. The van der Waals surface area contributed by atoms with E-state index in [0.29, 0.717) is 0 Å². The monoisotopic (exact) mass is 783 g/mol. The zero-order valence-corrected chi connectivity index (χ0v) is 32.6. The second-order valence-corrected chi connectivity index (χ2v) is 14.9. The number of hydrogen-bond donors (Lipinski definition) is 0. The van der Waals surface area contributed by atoms with Gasteiger partial charge in [-0.2, -0.15) is 0 Å². The number of para-hydroxylation sites is 3. The largest absolute Gasteiger partial charge is 0.294 e. The van der Waals surface area contributed by atoms with Gasteiger partial charge in [-0.3, -0.25) is 23.7 Å². The second-order valence-electron chi connectivity index (χ2n) is 14.9. The van der Waals surface area contributed by atoms with Crippen molar-refractivity contribution in [1.29, 1.82) is 0 Å². The van der Waals surface area contributed by atoms with Crippen LogP contribution in [0.15, 0.2) is 201 Å². The molecule has 12 aromatic rings. The standard InChI is InChI=1S/C52H33N9/c1-2-16-36(17-3-1)59-51(39-20-8-26-45-49(39)37-18-4-6-24-43(37)60(45)47-28-10-22-41(55-47)34-14-12-30-53-32-34)57-58-52(59)40-21-9-27-46-50(40)38-19-5-7-25-44(38)61(46)48-29-11-23-42(56-48)35-15-13-31-54-33-35/h1-33H. The van der Waals surface area contributed by atoms with Crippen LogP contribution in [0.5, 0.6) is 0 Å². The first-order valence-electron chi connectivity index (χ1n) is 20.1. The lowest BCUT2D eigenvalue weighted by atomic mass is 10.0. The van der Waals surface area contributed by atoms with Crippen molar-refractivity contribution in [3.8, 4) is 62.6 Å². The highest BCUT2D eigenvalue weighted by Crippen LogP contribution is 2.42. The van der Waals surface area contributed by atoms with Crippen LogP contribution in [0.3, 0.4) is 0 Å². The topological polar surface area (TPSA) is 92.1 Å². The van der Waals surface area contributed by atoms with Crippen molar-refractivity contribution in [3.63, 3.8) is 0 Å². The van der Waals surface area contributed by atoms with Gasteiger partial charge in [-0.1, -0.05) is 91.0 Å². The maximum absolute atomic E-state index is 5.18. The van der Waals surface area contributed by atoms with Crippen LogP contribution in [0.1, 0.15) is 0 Å². The highest BCUT2D eigenvalue weighted by Gasteiger charge is 2.25. The quantitative estimate of drug-likeness (QED) is 0.160. The van der Waals surface area contributed by atoms with Gasteiger partial charge in [0.2, 0.25) is 0 Å². The fraction of sp³-hybridized carbons (Fsp3) is 0. The summed E-state index contributed by atoms with van der Waals surface area (Å²) in [6.45, 7) is 0. The van der Waals surface area contributed by atoms with Crippen molar-refractivity contribution in [2.45, 2.75) is 0 Å². The normalized spacial score (nSPS) is 11.6. The molecule has 7 aromatic heterocycles. The lowest BCUT2D eigenvalue weighted by Gasteiger charge is -2.13. The lowest BCUT2D eigenvalue weighted by Crippen LogP contribution is -2.01. The van der Waals surface area contributed by atoms with E-state index in [0.717, 1.165) is 106 Å². The number of rotatable bonds is 7. The SMILES string of the molecule is c1ccc(-n2c(-c3cccc4c3c3ccccc3n4-c3cccc(-c4cccnc4)n3)nnc2-c2cccc3c2c2ccccc2n3-c2cccc(-c3cccnc3)n2)cc1. The van der Waals surface area contributed by atoms with Gasteiger partial charge >= 0.3 is 0 Å². The lowest BCUT2D eigenvalue weighted by molar-refractivity contribution is 1.07. The van der Waals surface area contributed by atoms with Gasteiger partial charge in [0.25, 0.3) is 0 Å². The molecule has 12 rings (SSSR count). The van der Waals surface area contributed by atoms with Gasteiger partial charge < -0.3 is 0 Å². The highest BCUT2D eigenvalue weighted by molar-refractivity contribution is 6.17. The Morgan fingerprint density at radius 3 is 1.30 bits per heavy atom. The van der Waals surface area contributed by atoms with Crippen molar-refractivity contribution in [3.05, 3.63) is 201 Å². The van der Waals surface area contributed by atoms with Gasteiger partial charge in [-0.25, -0.2) is 9.97 Å². The van der Waals surface area contributed by atoms with E-state index >= 15 is 0 Å². The van der Waals surface area contributed by atoms with Crippen LogP contribution < -0.4 is 0 Å². The number of fused-ring (bicyclic) bond motifs is 6. The average molecular weight is 784 g/mol. The number of pyridine rings is 4. The molecule has 61 heavy (non-hydrogen) atoms. The highest BCUT2D eigenvalue weighted by atomic mass is 15.3. The number of aromatic nitrogens is 9. The molecule has 0 fully saturated rings. The molecule has 0 saturated heterocycles. The van der Waals surface area contributed by atoms with Gasteiger partial charge in [-0.15, -0.1) is 10.2 Å². The molecule has 0 aliphatic rings. The summed E-state index contributed by atoms with van der Waals surface area (Å²) in [5.41, 5.74) is 10.6. The summed E-state index contributed by atoms with van der Waals surface area (Å²) in [5.74, 6) is 3.11. The molecule has 0 aliphatic heterocycles. The molecular weight excluding hydrogens is 751 g/mol. The number of hydrogen-bond acceptors (Lipinski definition) is 6. The van der Waals surface area contributed by atoms with Gasteiger partial charge in [0.1, 0.15) is 11.6 Å². The van der Waals surface area contributed by atoms with Gasteiger partial charge in [0.05, 0.1) is 33.5 Å². The van der Waals surface area contributed by atoms with Crippen LogP contribution in [-0.2, 0) is 0 Å². The Bertz CT molecular complexity index is 3370. The van der Waals surface area contributed by atoms with Gasteiger partial charge in [0, 0.05) is 74.3 Å². The molecule has 0 amide bonds. The van der Waals surface area contributed by atoms with E-state index in [1.54, 1.807) is 12.4 Å². The summed E-state index contributed by atoms with van der Waals surface area (Å²) in [6, 6.07) is 60.4. The minimum absolute atomic E-state index is 0.735. The molecule has 0 atom stereocenters. The zero-order valence-electron chi connectivity index (χ0n) is 32.6. The summed E-state index contributed by atoms with van der Waals surface area (Å²) < 4.78 is 6.68. The van der Waals surface area contributed by atoms with Crippen molar-refractivity contribution >= 4 is 43.6 Å². The first-order valence-corrected chi connectivity index (χ1v) is 20.1. The van der Waals surface area contributed by atoms with Crippen molar-refractivity contribution in [2.75, 3.05) is 0 Å². The molecule has 0 radical (unpaired) electrons. The summed E-state index contributed by atoms with van der Waals surface area (Å²) in [4.78, 5) is 19.0. The van der Waals surface area contributed by atoms with Crippen molar-refractivity contribution in [1.82, 2.24) is 43.8 Å². The van der Waals surface area contributed by atoms with E-state index in [1.165, 1.54) is 0 Å². The number of nitrogens with zero attached hydrogens (tertiary/aromatic N) is 9. The molecule has 9 heteroatoms. The third-order valence-electron chi connectivity index (χ3n) is 11.4. The van der Waals surface area contributed by atoms with E-state index in [4.69, 9.17) is 20.2 Å². The number of benzene rings is 5. The zero-order chi connectivity index (χ0) is 40.3. The van der Waals surface area contributed by atoms with E-state index in [1.807, 2.05) is 54.9 Å². The molecule has 286 valence electrons. The Hall–Kier alpha value is -8.56. The fourth-order valence-electron chi connectivity index (χ4n) is 8.81. The fourth-order valence-corrected chi connectivity index (χ4v) is 8.81. The van der Waals surface area contributed by atoms with Gasteiger partial charge in [-0.05, 0) is 84.9 Å².